The first kappa shape index (κ1) is 22.5. The topological polar surface area (TPSA) is 77.2 Å². The second kappa shape index (κ2) is 9.59. The number of carbonyl (C=O) groups excluding carboxylic acids is 1. The number of pyridine rings is 1. The monoisotopic (exact) mass is 478 g/mol. The first-order valence-corrected chi connectivity index (χ1v) is 12.5. The van der Waals surface area contributed by atoms with E-state index in [2.05, 4.69) is 81.0 Å². The van der Waals surface area contributed by atoms with E-state index in [0.717, 1.165) is 42.0 Å². The second-order valence-corrected chi connectivity index (χ2v) is 9.77. The zero-order valence-corrected chi connectivity index (χ0v) is 20.4. The van der Waals surface area contributed by atoms with E-state index < -0.39 is 0 Å². The molecule has 2 aliphatic heterocycles. The highest BCUT2D eigenvalue weighted by Crippen LogP contribution is 2.35. The van der Waals surface area contributed by atoms with Gasteiger partial charge in [0.15, 0.2) is 0 Å². The standard InChI is InChI=1S/C29H30N6O/c1-34-17-24(23-10-6-5-9-22(23)20-7-3-2-4-8-20)27(19-34)31-29(36)35-16-13-26-25(18-35)28(33-32-26)21-11-14-30-15-12-21/h2-12,14-15,24,27H,13,16-19H2,1H3,(H,31,36)(H,32,33)/t24-,27?/m0/s1. The maximum Gasteiger partial charge on any atom is 0.317 e. The fourth-order valence-corrected chi connectivity index (χ4v) is 5.63. The summed E-state index contributed by atoms with van der Waals surface area (Å²) in [7, 11) is 2.13. The Morgan fingerprint density at radius 3 is 2.58 bits per heavy atom. The Balaban J connectivity index is 1.22. The molecule has 2 aromatic heterocycles. The van der Waals surface area contributed by atoms with Crippen LogP contribution in [0.15, 0.2) is 79.1 Å². The molecule has 182 valence electrons. The zero-order chi connectivity index (χ0) is 24.5. The Labute approximate surface area is 211 Å². The van der Waals surface area contributed by atoms with Crippen molar-refractivity contribution in [1.29, 1.82) is 0 Å². The van der Waals surface area contributed by atoms with Crippen LogP contribution < -0.4 is 5.32 Å². The van der Waals surface area contributed by atoms with Gasteiger partial charge in [0.1, 0.15) is 0 Å². The number of likely N-dealkylation sites (tertiary alicyclic amines) is 1. The number of aromatic nitrogens is 3. The summed E-state index contributed by atoms with van der Waals surface area (Å²) in [5.74, 6) is 0.219. The van der Waals surface area contributed by atoms with Crippen molar-refractivity contribution in [2.24, 2.45) is 0 Å². The van der Waals surface area contributed by atoms with E-state index in [1.807, 2.05) is 23.1 Å². The van der Waals surface area contributed by atoms with E-state index in [9.17, 15) is 4.79 Å². The third-order valence-electron chi connectivity index (χ3n) is 7.43. The zero-order valence-electron chi connectivity index (χ0n) is 20.4. The Hall–Kier alpha value is -3.97. The van der Waals surface area contributed by atoms with E-state index in [0.29, 0.717) is 13.1 Å². The molecule has 6 rings (SSSR count). The summed E-state index contributed by atoms with van der Waals surface area (Å²) in [5.41, 5.74) is 7.85. The van der Waals surface area contributed by atoms with Gasteiger partial charge in [-0.3, -0.25) is 10.1 Å². The van der Waals surface area contributed by atoms with Crippen LogP contribution in [0.25, 0.3) is 22.4 Å². The highest BCUT2D eigenvalue weighted by Gasteiger charge is 2.36. The minimum Gasteiger partial charge on any atom is -0.333 e. The number of aromatic amines is 1. The number of rotatable bonds is 4. The summed E-state index contributed by atoms with van der Waals surface area (Å²) < 4.78 is 0. The van der Waals surface area contributed by atoms with Crippen LogP contribution in [0, 0.1) is 0 Å². The minimum absolute atomic E-state index is 0.00924. The lowest BCUT2D eigenvalue weighted by atomic mass is 9.87. The number of nitrogens with one attached hydrogen (secondary N) is 2. The molecule has 2 aromatic carbocycles. The summed E-state index contributed by atoms with van der Waals surface area (Å²) in [5, 5.41) is 11.1. The molecule has 4 aromatic rings. The quantitative estimate of drug-likeness (QED) is 0.458. The van der Waals surface area contributed by atoms with Crippen molar-refractivity contribution in [3.63, 3.8) is 0 Å². The number of benzene rings is 2. The minimum atomic E-state index is -0.00924. The first-order chi connectivity index (χ1) is 17.7. The predicted molar refractivity (Wildman–Crippen MR) is 140 cm³/mol. The molecule has 1 fully saturated rings. The van der Waals surface area contributed by atoms with E-state index in [1.165, 1.54) is 16.7 Å². The summed E-state index contributed by atoms with van der Waals surface area (Å²) in [6, 6.07) is 23.0. The number of likely N-dealkylation sites (N-methyl/N-ethyl adjacent to an activating group) is 1. The Bertz CT molecular complexity index is 1350. The van der Waals surface area contributed by atoms with Crippen molar-refractivity contribution in [1.82, 2.24) is 30.3 Å². The number of nitrogens with zero attached hydrogens (tertiary/aromatic N) is 4. The van der Waals surface area contributed by atoms with Crippen LogP contribution in [0.2, 0.25) is 0 Å². The molecule has 36 heavy (non-hydrogen) atoms. The van der Waals surface area contributed by atoms with E-state index in [-0.39, 0.29) is 18.0 Å². The SMILES string of the molecule is CN1CC(NC(=O)N2CCc3[nH]nc(-c4ccncc4)c3C2)[C@H](c2ccccc2-c2ccccc2)C1. The number of hydrogen-bond acceptors (Lipinski definition) is 4. The summed E-state index contributed by atoms with van der Waals surface area (Å²) >= 11 is 0. The lowest BCUT2D eigenvalue weighted by Gasteiger charge is -2.30. The average molecular weight is 479 g/mol. The van der Waals surface area contributed by atoms with Gasteiger partial charge in [0, 0.05) is 61.2 Å². The van der Waals surface area contributed by atoms with E-state index in [4.69, 9.17) is 0 Å². The van der Waals surface area contributed by atoms with Crippen LogP contribution in [0.5, 0.6) is 0 Å². The van der Waals surface area contributed by atoms with Crippen molar-refractivity contribution < 1.29 is 4.79 Å². The van der Waals surface area contributed by atoms with Crippen molar-refractivity contribution in [2.75, 3.05) is 26.7 Å². The molecule has 0 spiro atoms. The lowest BCUT2D eigenvalue weighted by molar-refractivity contribution is 0.187. The summed E-state index contributed by atoms with van der Waals surface area (Å²) in [4.78, 5) is 21.9. The normalized spacial score (nSPS) is 19.8. The molecule has 1 unspecified atom stereocenters. The van der Waals surface area contributed by atoms with Crippen molar-refractivity contribution in [2.45, 2.75) is 24.9 Å². The van der Waals surface area contributed by atoms with Gasteiger partial charge in [-0.25, -0.2) is 4.79 Å². The molecule has 7 nitrogen and oxygen atoms in total. The van der Waals surface area contributed by atoms with Crippen LogP contribution in [-0.2, 0) is 13.0 Å². The molecule has 1 saturated heterocycles. The smallest absolute Gasteiger partial charge is 0.317 e. The van der Waals surface area contributed by atoms with Gasteiger partial charge >= 0.3 is 6.03 Å². The molecule has 0 radical (unpaired) electrons. The molecule has 0 aliphatic carbocycles. The Morgan fingerprint density at radius 2 is 1.75 bits per heavy atom. The number of H-pyrrole nitrogens is 1. The van der Waals surface area contributed by atoms with Crippen LogP contribution in [0.4, 0.5) is 4.79 Å². The van der Waals surface area contributed by atoms with Crippen molar-refractivity contribution in [3.8, 4) is 22.4 Å². The maximum absolute atomic E-state index is 13.5. The van der Waals surface area contributed by atoms with E-state index >= 15 is 0 Å². The van der Waals surface area contributed by atoms with Gasteiger partial charge in [-0.1, -0.05) is 54.6 Å². The molecule has 0 saturated carbocycles. The highest BCUT2D eigenvalue weighted by molar-refractivity contribution is 5.76. The number of hydrogen-bond donors (Lipinski definition) is 2. The molecular weight excluding hydrogens is 448 g/mol. The van der Waals surface area contributed by atoms with Gasteiger partial charge in [-0.2, -0.15) is 5.10 Å². The van der Waals surface area contributed by atoms with Crippen LogP contribution >= 0.6 is 0 Å². The fourth-order valence-electron chi connectivity index (χ4n) is 5.63. The van der Waals surface area contributed by atoms with Gasteiger partial charge in [0.2, 0.25) is 0 Å². The highest BCUT2D eigenvalue weighted by atomic mass is 16.2. The number of carbonyl (C=O) groups is 1. The average Bonchev–Trinajstić information content (AvgIpc) is 3.52. The number of fused-ring (bicyclic) bond motifs is 1. The molecule has 2 aliphatic rings. The van der Waals surface area contributed by atoms with Crippen LogP contribution in [0.3, 0.4) is 0 Å². The molecule has 2 atom stereocenters. The Kier molecular flexibility index (Phi) is 5.99. The molecule has 4 heterocycles. The third kappa shape index (κ3) is 4.27. The second-order valence-electron chi connectivity index (χ2n) is 9.77. The van der Waals surface area contributed by atoms with Crippen molar-refractivity contribution >= 4 is 6.03 Å². The third-order valence-corrected chi connectivity index (χ3v) is 7.43. The predicted octanol–water partition coefficient (Wildman–Crippen LogP) is 4.30. The molecular formula is C29H30N6O. The molecule has 7 heteroatoms. The lowest BCUT2D eigenvalue weighted by Crippen LogP contribution is -2.48. The number of urea groups is 1. The van der Waals surface area contributed by atoms with Gasteiger partial charge in [-0.05, 0) is 35.9 Å². The largest absolute Gasteiger partial charge is 0.333 e. The maximum atomic E-state index is 13.5. The van der Waals surface area contributed by atoms with Gasteiger partial charge in [0.05, 0.1) is 18.3 Å². The van der Waals surface area contributed by atoms with Gasteiger partial charge in [-0.15, -0.1) is 0 Å². The van der Waals surface area contributed by atoms with Crippen molar-refractivity contribution in [3.05, 3.63) is 95.9 Å². The van der Waals surface area contributed by atoms with Gasteiger partial charge < -0.3 is 15.1 Å². The summed E-state index contributed by atoms with van der Waals surface area (Å²) in [6.07, 6.45) is 4.31. The fraction of sp³-hybridized carbons (Fsp3) is 0.276. The number of amides is 2. The molecule has 2 N–H and O–H groups in total. The molecule has 0 bridgehead atoms. The first-order valence-electron chi connectivity index (χ1n) is 12.5. The summed E-state index contributed by atoms with van der Waals surface area (Å²) in [6.45, 7) is 2.95. The van der Waals surface area contributed by atoms with E-state index in [1.54, 1.807) is 12.4 Å². The molecule has 2 amide bonds. The Morgan fingerprint density at radius 1 is 0.972 bits per heavy atom. The van der Waals surface area contributed by atoms with Crippen LogP contribution in [0.1, 0.15) is 22.7 Å². The van der Waals surface area contributed by atoms with Crippen LogP contribution in [-0.4, -0.2) is 63.7 Å². The van der Waals surface area contributed by atoms with Gasteiger partial charge in [0.25, 0.3) is 0 Å².